The average molecular weight is 349 g/mol. The molecule has 1 N–H and O–H groups in total. The quantitative estimate of drug-likeness (QED) is 0.809. The lowest BCUT2D eigenvalue weighted by Crippen LogP contribution is -2.07. The molecule has 0 saturated carbocycles. The Labute approximate surface area is 153 Å². The van der Waals surface area contributed by atoms with Gasteiger partial charge in [-0.05, 0) is 47.3 Å². The lowest BCUT2D eigenvalue weighted by atomic mass is 9.89. The van der Waals surface area contributed by atoms with Gasteiger partial charge >= 0.3 is 7.12 Å². The first-order chi connectivity index (χ1) is 12.7. The molecular weight excluding hydrogens is 329 g/mol. The van der Waals surface area contributed by atoms with E-state index in [2.05, 4.69) is 6.07 Å². The molecule has 0 atom stereocenters. The molecule has 0 spiro atoms. The van der Waals surface area contributed by atoms with E-state index in [-0.39, 0.29) is 0 Å². The molecule has 1 aliphatic heterocycles. The zero-order valence-corrected chi connectivity index (χ0v) is 14.9. The van der Waals surface area contributed by atoms with E-state index in [1.807, 2.05) is 43.3 Å². The summed E-state index contributed by atoms with van der Waals surface area (Å²) in [5, 5.41) is 19.3. The van der Waals surface area contributed by atoms with Crippen LogP contribution < -0.4 is 9.47 Å². The summed E-state index contributed by atoms with van der Waals surface area (Å²) in [7, 11) is 0.700. The van der Waals surface area contributed by atoms with E-state index < -0.39 is 7.12 Å². The van der Waals surface area contributed by atoms with Gasteiger partial charge in [0.15, 0.2) is 11.5 Å². The van der Waals surface area contributed by atoms with E-state index in [9.17, 15) is 10.3 Å². The molecule has 2 aromatic rings. The molecule has 0 fully saturated rings. The Morgan fingerprint density at radius 3 is 2.73 bits per heavy atom. The van der Waals surface area contributed by atoms with Crippen molar-refractivity contribution in [2.75, 3.05) is 20.3 Å². The lowest BCUT2D eigenvalue weighted by molar-refractivity contribution is 0.293. The minimum atomic E-state index is -0.863. The highest BCUT2D eigenvalue weighted by molar-refractivity contribution is 6.52. The Hall–Kier alpha value is -2.75. The molecule has 26 heavy (non-hydrogen) atoms. The number of ether oxygens (including phenoxy) is 2. The van der Waals surface area contributed by atoms with Crippen LogP contribution in [-0.2, 0) is 4.65 Å². The van der Waals surface area contributed by atoms with Gasteiger partial charge in [-0.1, -0.05) is 25.1 Å². The van der Waals surface area contributed by atoms with Crippen LogP contribution >= 0.6 is 0 Å². The smallest absolute Gasteiger partial charge is 0.484 e. The largest absolute Gasteiger partial charge is 0.493 e. The van der Waals surface area contributed by atoms with Crippen molar-refractivity contribution in [3.63, 3.8) is 0 Å². The van der Waals surface area contributed by atoms with Crippen LogP contribution in [-0.4, -0.2) is 32.5 Å². The second-order valence-corrected chi connectivity index (χ2v) is 5.95. The second kappa shape index (κ2) is 8.09. The van der Waals surface area contributed by atoms with Crippen LogP contribution in [0.5, 0.6) is 11.5 Å². The third-order valence-corrected chi connectivity index (χ3v) is 4.20. The summed E-state index contributed by atoms with van der Waals surface area (Å²) in [5.41, 5.74) is 4.00. The number of hydrogen-bond donors (Lipinski definition) is 1. The topological polar surface area (TPSA) is 71.7 Å². The third kappa shape index (κ3) is 3.59. The van der Waals surface area contributed by atoms with E-state index in [1.54, 1.807) is 13.1 Å². The fraction of sp³-hybridized carbons (Fsp3) is 0.250. The maximum atomic E-state index is 9.75. The van der Waals surface area contributed by atoms with Crippen molar-refractivity contribution in [3.05, 3.63) is 53.5 Å². The van der Waals surface area contributed by atoms with Crippen LogP contribution in [0.3, 0.4) is 0 Å². The van der Waals surface area contributed by atoms with E-state index in [1.165, 1.54) is 0 Å². The number of nitriles is 1. The van der Waals surface area contributed by atoms with Crippen LogP contribution in [0.2, 0.25) is 0 Å². The number of benzene rings is 2. The van der Waals surface area contributed by atoms with Crippen molar-refractivity contribution in [3.8, 4) is 28.7 Å². The molecule has 0 saturated heterocycles. The summed E-state index contributed by atoms with van der Waals surface area (Å²) in [6.45, 7) is 2.89. The minimum Gasteiger partial charge on any atom is -0.493 e. The summed E-state index contributed by atoms with van der Waals surface area (Å²) in [6.07, 6.45) is 0.838. The molecule has 6 heteroatoms. The molecule has 5 nitrogen and oxygen atoms in total. The summed E-state index contributed by atoms with van der Waals surface area (Å²) in [5.74, 6) is 2.71. The van der Waals surface area contributed by atoms with Gasteiger partial charge in [0.25, 0.3) is 0 Å². The SMILES string of the molecule is CCCOc1c(OC)ccc(-c2cccc(C3=CB(O)OC3)c2)c1C#N. The highest BCUT2D eigenvalue weighted by Crippen LogP contribution is 2.38. The molecule has 0 radical (unpaired) electrons. The van der Waals surface area contributed by atoms with Gasteiger partial charge in [-0.2, -0.15) is 5.26 Å². The van der Waals surface area contributed by atoms with E-state index in [0.717, 1.165) is 28.7 Å². The zero-order valence-electron chi connectivity index (χ0n) is 14.9. The van der Waals surface area contributed by atoms with Gasteiger partial charge in [0.1, 0.15) is 11.6 Å². The van der Waals surface area contributed by atoms with Gasteiger partial charge in [-0.15, -0.1) is 0 Å². The molecule has 1 aliphatic rings. The number of methoxy groups -OCH3 is 1. The Morgan fingerprint density at radius 2 is 2.08 bits per heavy atom. The van der Waals surface area contributed by atoms with E-state index in [0.29, 0.717) is 30.3 Å². The second-order valence-electron chi connectivity index (χ2n) is 5.95. The molecule has 2 aromatic carbocycles. The van der Waals surface area contributed by atoms with Crippen molar-refractivity contribution in [2.45, 2.75) is 13.3 Å². The number of nitrogens with zero attached hydrogens (tertiary/aromatic N) is 1. The number of rotatable bonds is 6. The first kappa shape index (κ1) is 18.1. The average Bonchev–Trinajstić information content (AvgIpc) is 3.12. The Balaban J connectivity index is 2.07. The molecule has 1 heterocycles. The van der Waals surface area contributed by atoms with Crippen LogP contribution in [0.25, 0.3) is 16.7 Å². The fourth-order valence-electron chi connectivity index (χ4n) is 2.93. The lowest BCUT2D eigenvalue weighted by Gasteiger charge is -2.15. The van der Waals surface area contributed by atoms with E-state index in [4.69, 9.17) is 14.1 Å². The van der Waals surface area contributed by atoms with Crippen molar-refractivity contribution < 1.29 is 19.2 Å². The molecule has 0 amide bonds. The molecule has 0 unspecified atom stereocenters. The van der Waals surface area contributed by atoms with Crippen molar-refractivity contribution >= 4 is 12.7 Å². The molecule has 0 aliphatic carbocycles. The molecule has 3 rings (SSSR count). The van der Waals surface area contributed by atoms with Crippen molar-refractivity contribution in [1.82, 2.24) is 0 Å². The summed E-state index contributed by atoms with van der Waals surface area (Å²) in [6, 6.07) is 13.8. The first-order valence-corrected chi connectivity index (χ1v) is 8.53. The Bertz CT molecular complexity index is 873. The van der Waals surface area contributed by atoms with Gasteiger partial charge in [0.2, 0.25) is 0 Å². The molecule has 0 aromatic heterocycles. The van der Waals surface area contributed by atoms with Crippen molar-refractivity contribution in [1.29, 1.82) is 5.26 Å². The molecule has 0 bridgehead atoms. The monoisotopic (exact) mass is 349 g/mol. The highest BCUT2D eigenvalue weighted by atomic mass is 16.5. The fourth-order valence-corrected chi connectivity index (χ4v) is 2.93. The predicted molar refractivity (Wildman–Crippen MR) is 101 cm³/mol. The van der Waals surface area contributed by atoms with E-state index >= 15 is 0 Å². The predicted octanol–water partition coefficient (Wildman–Crippen LogP) is 3.46. The van der Waals surface area contributed by atoms with Gasteiger partial charge in [-0.3, -0.25) is 0 Å². The third-order valence-electron chi connectivity index (χ3n) is 4.20. The maximum absolute atomic E-state index is 9.75. The van der Waals surface area contributed by atoms with Crippen LogP contribution in [0.15, 0.2) is 42.4 Å². The first-order valence-electron chi connectivity index (χ1n) is 8.53. The number of hydrogen-bond acceptors (Lipinski definition) is 5. The van der Waals surface area contributed by atoms with Gasteiger partial charge < -0.3 is 19.2 Å². The van der Waals surface area contributed by atoms with Crippen LogP contribution in [0, 0.1) is 11.3 Å². The van der Waals surface area contributed by atoms with Crippen LogP contribution in [0.1, 0.15) is 24.5 Å². The van der Waals surface area contributed by atoms with Gasteiger partial charge in [-0.25, -0.2) is 0 Å². The maximum Gasteiger partial charge on any atom is 0.484 e. The standard InChI is InChI=1S/C20H20BNO4/c1-3-9-25-20-18(12-22)17(7-8-19(20)24-2)15-6-4-5-14(10-15)16-11-21(23)26-13-16/h4-8,10-11,23H,3,9,13H2,1-2H3. The Morgan fingerprint density at radius 1 is 1.27 bits per heavy atom. The van der Waals surface area contributed by atoms with Gasteiger partial charge in [0.05, 0.1) is 20.3 Å². The summed E-state index contributed by atoms with van der Waals surface area (Å²) < 4.78 is 16.3. The zero-order chi connectivity index (χ0) is 18.5. The van der Waals surface area contributed by atoms with Crippen LogP contribution in [0.4, 0.5) is 0 Å². The molecule has 132 valence electrons. The normalized spacial score (nSPS) is 13.3. The minimum absolute atomic E-state index is 0.364. The summed E-state index contributed by atoms with van der Waals surface area (Å²) >= 11 is 0. The highest BCUT2D eigenvalue weighted by Gasteiger charge is 2.21. The van der Waals surface area contributed by atoms with Gasteiger partial charge in [0, 0.05) is 5.56 Å². The summed E-state index contributed by atoms with van der Waals surface area (Å²) in [4.78, 5) is 0. The molecular formula is C20H20BNO4. The Kier molecular flexibility index (Phi) is 5.62. The van der Waals surface area contributed by atoms with Crippen molar-refractivity contribution in [2.24, 2.45) is 0 Å².